The lowest BCUT2D eigenvalue weighted by molar-refractivity contribution is -0.109. The zero-order valence-corrected chi connectivity index (χ0v) is 26.7. The van der Waals surface area contributed by atoms with Crippen molar-refractivity contribution in [2.45, 2.75) is 111 Å². The summed E-state index contributed by atoms with van der Waals surface area (Å²) >= 11 is 0. The average Bonchev–Trinajstić information content (AvgIpc) is 2.98. The van der Waals surface area contributed by atoms with Crippen molar-refractivity contribution in [2.24, 2.45) is 0 Å². The van der Waals surface area contributed by atoms with Crippen molar-refractivity contribution in [3.05, 3.63) is 64.7 Å². The van der Waals surface area contributed by atoms with Crippen LogP contribution in [0.5, 0.6) is 0 Å². The van der Waals surface area contributed by atoms with E-state index < -0.39 is 0 Å². The second kappa shape index (κ2) is 24.2. The number of hydrogen-bond acceptors (Lipinski definition) is 4. The lowest BCUT2D eigenvalue weighted by Gasteiger charge is -2.38. The van der Waals surface area contributed by atoms with Crippen LogP contribution in [0.3, 0.4) is 0 Å². The van der Waals surface area contributed by atoms with E-state index in [1.54, 1.807) is 5.56 Å². The maximum absolute atomic E-state index is 9.95. The van der Waals surface area contributed by atoms with Gasteiger partial charge in [0.1, 0.15) is 6.79 Å². The molecule has 2 N–H and O–H groups in total. The minimum Gasteiger partial charge on any atom is -0.388 e. The highest BCUT2D eigenvalue weighted by molar-refractivity contribution is 5.52. The molecule has 0 bridgehead atoms. The molecule has 1 heterocycles. The summed E-state index contributed by atoms with van der Waals surface area (Å²) in [5.74, 6) is 0.754. The molecule has 2 aromatic rings. The first-order valence-electron chi connectivity index (χ1n) is 15.5. The molecule has 0 unspecified atom stereocenters. The topological polar surface area (TPSA) is 61.4 Å². The summed E-state index contributed by atoms with van der Waals surface area (Å²) in [4.78, 5) is 20.7. The first-order chi connectivity index (χ1) is 19.4. The Hall–Kier alpha value is -2.66. The molecular weight excluding hydrogens is 494 g/mol. The zero-order chi connectivity index (χ0) is 30.2. The molecule has 0 atom stereocenters. The van der Waals surface area contributed by atoms with Crippen LogP contribution >= 0.6 is 0 Å². The van der Waals surface area contributed by atoms with Crippen LogP contribution in [0.2, 0.25) is 0 Å². The van der Waals surface area contributed by atoms with Crippen LogP contribution in [0, 0.1) is 13.8 Å². The van der Waals surface area contributed by atoms with Crippen LogP contribution in [0.15, 0.2) is 42.5 Å². The second-order valence-electron chi connectivity index (χ2n) is 10.7. The second-order valence-corrected chi connectivity index (χ2v) is 10.7. The maximum atomic E-state index is 9.95. The number of carbonyl (C=O) groups excluding carboxylic acids is 2. The van der Waals surface area contributed by atoms with Gasteiger partial charge in [-0.15, -0.1) is 0 Å². The van der Waals surface area contributed by atoms with Gasteiger partial charge in [-0.05, 0) is 94.1 Å². The largest absolute Gasteiger partial charge is 0.388 e. The van der Waals surface area contributed by atoms with Gasteiger partial charge < -0.3 is 20.3 Å². The fourth-order valence-corrected chi connectivity index (χ4v) is 5.20. The van der Waals surface area contributed by atoms with Crippen molar-refractivity contribution in [1.29, 1.82) is 0 Å². The molecule has 0 spiro atoms. The van der Waals surface area contributed by atoms with Gasteiger partial charge in [0.25, 0.3) is 0 Å². The van der Waals surface area contributed by atoms with Crippen LogP contribution < -0.4 is 10.6 Å². The predicted molar refractivity (Wildman–Crippen MR) is 175 cm³/mol. The highest BCUT2D eigenvalue weighted by atomic mass is 16.1. The van der Waals surface area contributed by atoms with Crippen molar-refractivity contribution in [3.8, 4) is 0 Å². The van der Waals surface area contributed by atoms with Crippen molar-refractivity contribution in [3.63, 3.8) is 0 Å². The number of nitrogens with zero attached hydrogens (tertiary/aromatic N) is 1. The zero-order valence-electron chi connectivity index (χ0n) is 26.7. The Bertz CT molecular complexity index is 871. The van der Waals surface area contributed by atoms with Gasteiger partial charge in [-0.1, -0.05) is 88.9 Å². The summed E-state index contributed by atoms with van der Waals surface area (Å²) in [7, 11) is 2.00. The number of rotatable bonds is 12. The van der Waals surface area contributed by atoms with E-state index in [0.29, 0.717) is 0 Å². The number of piperidine rings is 1. The number of aryl methyl sites for hydroxylation is 3. The molecule has 226 valence electrons. The summed E-state index contributed by atoms with van der Waals surface area (Å²) in [5.41, 5.74) is 6.79. The lowest BCUT2D eigenvalue weighted by atomic mass is 9.87. The molecule has 5 nitrogen and oxygen atoms in total. The number of nitrogens with one attached hydrogen (secondary N) is 2. The number of amides is 1. The van der Waals surface area contributed by atoms with Crippen LogP contribution in [-0.4, -0.2) is 50.8 Å². The SMILES string of the molecule is C=O.CCC.CCCC(CCC)N1CCC(c2ccc(NC)c(C)c2)CC1.Cc1ccc(CCCNC=O)cc1. The molecule has 1 aliphatic heterocycles. The van der Waals surface area contributed by atoms with Crippen LogP contribution in [0.25, 0.3) is 0 Å². The number of hydrogen-bond donors (Lipinski definition) is 2. The summed E-state index contributed by atoms with van der Waals surface area (Å²) in [5, 5.41) is 5.92. The Morgan fingerprint density at radius 1 is 0.950 bits per heavy atom. The van der Waals surface area contributed by atoms with Crippen molar-refractivity contribution >= 4 is 18.9 Å². The van der Waals surface area contributed by atoms with Crippen LogP contribution in [0.4, 0.5) is 5.69 Å². The Morgan fingerprint density at radius 3 is 2.00 bits per heavy atom. The van der Waals surface area contributed by atoms with Crippen molar-refractivity contribution < 1.29 is 9.59 Å². The number of likely N-dealkylation sites (tertiary alicyclic amines) is 1. The molecule has 1 saturated heterocycles. The molecule has 0 saturated carbocycles. The van der Waals surface area contributed by atoms with Gasteiger partial charge >= 0.3 is 0 Å². The van der Waals surface area contributed by atoms with E-state index in [0.717, 1.165) is 37.8 Å². The molecule has 2 aromatic carbocycles. The Kier molecular flexibility index (Phi) is 22.6. The maximum Gasteiger partial charge on any atom is 0.207 e. The van der Waals surface area contributed by atoms with E-state index in [-0.39, 0.29) is 0 Å². The van der Waals surface area contributed by atoms with E-state index in [9.17, 15) is 4.79 Å². The Labute approximate surface area is 246 Å². The number of carbonyl (C=O) groups is 2. The van der Waals surface area contributed by atoms with Gasteiger partial charge in [0, 0.05) is 25.3 Å². The van der Waals surface area contributed by atoms with Crippen molar-refractivity contribution in [1.82, 2.24) is 10.2 Å². The molecular formula is C35H59N3O2. The molecule has 0 aromatic heterocycles. The number of benzene rings is 2. The van der Waals surface area contributed by atoms with E-state index in [4.69, 9.17) is 4.79 Å². The van der Waals surface area contributed by atoms with Crippen molar-refractivity contribution in [2.75, 3.05) is 32.0 Å². The van der Waals surface area contributed by atoms with Gasteiger partial charge in [-0.25, -0.2) is 0 Å². The first-order valence-corrected chi connectivity index (χ1v) is 15.5. The van der Waals surface area contributed by atoms with Gasteiger partial charge in [0.05, 0.1) is 0 Å². The molecule has 1 amide bonds. The average molecular weight is 554 g/mol. The van der Waals surface area contributed by atoms with Crippen LogP contribution in [-0.2, 0) is 16.0 Å². The minimum absolute atomic E-state index is 0.745. The fraction of sp³-hybridized carbons (Fsp3) is 0.600. The highest BCUT2D eigenvalue weighted by Gasteiger charge is 2.25. The van der Waals surface area contributed by atoms with Gasteiger partial charge in [-0.2, -0.15) is 0 Å². The Balaban J connectivity index is 0.000000717. The lowest BCUT2D eigenvalue weighted by Crippen LogP contribution is -2.40. The minimum atomic E-state index is 0.745. The molecule has 0 aliphatic carbocycles. The quantitative estimate of drug-likeness (QED) is 0.206. The molecule has 1 fully saturated rings. The molecule has 5 heteroatoms. The first kappa shape index (κ1) is 37.3. The van der Waals surface area contributed by atoms with Gasteiger partial charge in [0.15, 0.2) is 0 Å². The number of anilines is 1. The molecule has 3 rings (SSSR count). The van der Waals surface area contributed by atoms with E-state index >= 15 is 0 Å². The van der Waals surface area contributed by atoms with E-state index in [1.165, 1.54) is 80.4 Å². The van der Waals surface area contributed by atoms with E-state index in [2.05, 4.69) is 99.5 Å². The smallest absolute Gasteiger partial charge is 0.207 e. The Morgan fingerprint density at radius 2 is 1.52 bits per heavy atom. The third kappa shape index (κ3) is 15.2. The molecule has 0 radical (unpaired) electrons. The summed E-state index contributed by atoms with van der Waals surface area (Å²) < 4.78 is 0. The normalized spacial score (nSPS) is 13.1. The standard InChI is InChI=1S/C20H34N2.C11H15NO.C3H8.CH2O/c1-5-7-19(8-6-2)22-13-11-17(12-14-22)18-9-10-20(21-4)16(3)15-18;1-10-4-6-11(7-5-10)3-2-8-12-9-13;1-3-2;1-2/h9-10,15,17,19,21H,5-8,11-14H2,1-4H3;4-7,9H,2-3,8H2,1H3,(H,12,13);3H2,1-2H3;1H2. The third-order valence-electron chi connectivity index (χ3n) is 7.27. The highest BCUT2D eigenvalue weighted by Crippen LogP contribution is 2.32. The summed E-state index contributed by atoms with van der Waals surface area (Å²) in [6.07, 6.45) is 12.0. The fourth-order valence-electron chi connectivity index (χ4n) is 5.20. The molecule has 1 aliphatic rings. The third-order valence-corrected chi connectivity index (χ3v) is 7.27. The van der Waals surface area contributed by atoms with Gasteiger partial charge in [-0.3, -0.25) is 4.79 Å². The molecule has 40 heavy (non-hydrogen) atoms. The monoisotopic (exact) mass is 553 g/mol. The van der Waals surface area contributed by atoms with E-state index in [1.807, 2.05) is 13.8 Å². The predicted octanol–water partition coefficient (Wildman–Crippen LogP) is 8.09. The van der Waals surface area contributed by atoms with Crippen LogP contribution in [0.1, 0.15) is 107 Å². The summed E-state index contributed by atoms with van der Waals surface area (Å²) in [6.45, 7) is 18.5. The summed E-state index contributed by atoms with van der Waals surface area (Å²) in [6, 6.07) is 16.3. The van der Waals surface area contributed by atoms with Gasteiger partial charge in [0.2, 0.25) is 6.41 Å².